The fourth-order valence-corrected chi connectivity index (χ4v) is 6.85. The predicted molar refractivity (Wildman–Crippen MR) is 151 cm³/mol. The third-order valence-electron chi connectivity index (χ3n) is 7.61. The highest BCUT2D eigenvalue weighted by Crippen LogP contribution is 2.46. The maximum absolute atomic E-state index is 13.1. The molecule has 8 heteroatoms. The Morgan fingerprint density at radius 3 is 2.23 bits per heavy atom. The molecule has 210 valence electrons. The molecule has 4 aromatic rings. The third kappa shape index (κ3) is 5.02. The summed E-state index contributed by atoms with van der Waals surface area (Å²) in [6.45, 7) is 12.9. The van der Waals surface area contributed by atoms with Gasteiger partial charge in [-0.2, -0.15) is 26.3 Å². The highest BCUT2D eigenvalue weighted by Gasteiger charge is 2.55. The monoisotopic (exact) mass is 573 g/mol. The second-order valence-electron chi connectivity index (χ2n) is 11.4. The van der Waals surface area contributed by atoms with E-state index in [1.54, 1.807) is 18.2 Å². The van der Waals surface area contributed by atoms with Gasteiger partial charge in [0.2, 0.25) is 0 Å². The zero-order valence-electron chi connectivity index (χ0n) is 22.6. The van der Waals surface area contributed by atoms with Crippen LogP contribution in [-0.2, 0) is 11.8 Å². The zero-order valence-corrected chi connectivity index (χ0v) is 23.4. The highest BCUT2D eigenvalue weighted by atomic mass is 32.1. The van der Waals surface area contributed by atoms with E-state index in [-0.39, 0.29) is 11.8 Å². The Hall–Kier alpha value is -3.26. The number of alkyl halides is 6. The van der Waals surface area contributed by atoms with E-state index < -0.39 is 24.7 Å². The van der Waals surface area contributed by atoms with Crippen LogP contribution in [-0.4, -0.2) is 23.6 Å². The van der Waals surface area contributed by atoms with E-state index in [0.717, 1.165) is 43.1 Å². The van der Waals surface area contributed by atoms with Crippen molar-refractivity contribution in [2.45, 2.75) is 58.3 Å². The van der Waals surface area contributed by atoms with E-state index in [1.165, 1.54) is 22.3 Å². The summed E-state index contributed by atoms with van der Waals surface area (Å²) in [6.07, 6.45) is -8.19. The lowest BCUT2D eigenvalue weighted by atomic mass is 9.79. The van der Waals surface area contributed by atoms with Crippen LogP contribution in [0.15, 0.2) is 54.7 Å². The van der Waals surface area contributed by atoms with Crippen molar-refractivity contribution in [2.75, 3.05) is 0 Å². The smallest absolute Gasteiger partial charge is 0.257 e. The van der Waals surface area contributed by atoms with Crippen LogP contribution in [0.4, 0.5) is 26.3 Å². The summed E-state index contributed by atoms with van der Waals surface area (Å²) in [5.41, 5.74) is 4.63. The van der Waals surface area contributed by atoms with Crippen molar-refractivity contribution in [3.8, 4) is 0 Å². The van der Waals surface area contributed by atoms with Gasteiger partial charge in [0.25, 0.3) is 0 Å². The molecule has 0 unspecified atom stereocenters. The second-order valence-corrected chi connectivity index (χ2v) is 12.4. The molecule has 0 saturated carbocycles. The molecule has 0 N–H and O–H groups in total. The van der Waals surface area contributed by atoms with Crippen LogP contribution in [0.1, 0.15) is 59.9 Å². The summed E-state index contributed by atoms with van der Waals surface area (Å²) >= 11 is 1.48. The summed E-state index contributed by atoms with van der Waals surface area (Å²) in [7, 11) is 0. The van der Waals surface area contributed by atoms with Crippen molar-refractivity contribution >= 4 is 45.0 Å². The first-order chi connectivity index (χ1) is 18.6. The van der Waals surface area contributed by atoms with Crippen molar-refractivity contribution in [1.29, 1.82) is 0 Å². The van der Waals surface area contributed by atoms with Gasteiger partial charge in [0.15, 0.2) is 15.6 Å². The maximum atomic E-state index is 13.1. The zero-order chi connectivity index (χ0) is 29.2. The Balaban J connectivity index is 1.59. The fourth-order valence-electron chi connectivity index (χ4n) is 5.52. The molecular weight excluding hydrogens is 544 g/mol. The molecular formula is C32H29F6NS. The van der Waals surface area contributed by atoms with Gasteiger partial charge >= 0.3 is 12.4 Å². The summed E-state index contributed by atoms with van der Waals surface area (Å²) in [6, 6.07) is 16.6. The minimum atomic E-state index is -5.33. The van der Waals surface area contributed by atoms with E-state index in [1.807, 2.05) is 29.0 Å². The number of benzene rings is 3. The Morgan fingerprint density at radius 1 is 0.950 bits per heavy atom. The van der Waals surface area contributed by atoms with Crippen LogP contribution >= 0.6 is 11.3 Å². The van der Waals surface area contributed by atoms with Gasteiger partial charge in [0, 0.05) is 0 Å². The predicted octanol–water partition coefficient (Wildman–Crippen LogP) is 9.96. The molecule has 0 spiro atoms. The van der Waals surface area contributed by atoms with Gasteiger partial charge in [-0.25, -0.2) is 0 Å². The number of rotatable bonds is 4. The maximum Gasteiger partial charge on any atom is 0.400 e. The lowest BCUT2D eigenvalue weighted by molar-refractivity contribution is -0.417. The van der Waals surface area contributed by atoms with Gasteiger partial charge in [0.05, 0.1) is 6.72 Å². The quantitative estimate of drug-likeness (QED) is 0.0989. The molecule has 2 heterocycles. The van der Waals surface area contributed by atoms with Gasteiger partial charge < -0.3 is 0 Å². The van der Waals surface area contributed by atoms with Crippen LogP contribution in [0.3, 0.4) is 0 Å². The molecule has 0 atom stereocenters. The molecule has 5 rings (SSSR count). The van der Waals surface area contributed by atoms with E-state index >= 15 is 0 Å². The number of hydrogen-bond donors (Lipinski definition) is 0. The van der Waals surface area contributed by atoms with Crippen LogP contribution in [0, 0.1) is 18.9 Å². The molecule has 1 nitrogen and oxygen atoms in total. The largest absolute Gasteiger partial charge is 0.400 e. The highest BCUT2D eigenvalue weighted by molar-refractivity contribution is 7.19. The van der Waals surface area contributed by atoms with Crippen LogP contribution in [0.2, 0.25) is 0 Å². The molecule has 0 radical (unpaired) electrons. The number of fused-ring (bicyclic) bond motifs is 4. The third-order valence-corrected chi connectivity index (χ3v) is 8.78. The fraction of sp³-hybridized carbons (Fsp3) is 0.312. The summed E-state index contributed by atoms with van der Waals surface area (Å²) in [4.78, 5) is 0.964. The number of aryl methyl sites for hydroxylation is 2. The molecule has 0 aliphatic carbocycles. The van der Waals surface area contributed by atoms with Gasteiger partial charge in [-0.15, -0.1) is 17.7 Å². The topological polar surface area (TPSA) is 3.01 Å². The van der Waals surface area contributed by atoms with Crippen molar-refractivity contribution in [3.63, 3.8) is 0 Å². The van der Waals surface area contributed by atoms with Crippen molar-refractivity contribution < 1.29 is 30.9 Å². The number of nitrogens with zero attached hydrogens (tertiary/aromatic N) is 1. The minimum Gasteiger partial charge on any atom is -0.257 e. The molecule has 3 aromatic carbocycles. The first-order valence-corrected chi connectivity index (χ1v) is 13.8. The first-order valence-electron chi connectivity index (χ1n) is 12.9. The molecule has 1 aromatic heterocycles. The number of halogens is 6. The van der Waals surface area contributed by atoms with E-state index in [2.05, 4.69) is 52.6 Å². The Labute approximate surface area is 233 Å². The molecule has 0 bridgehead atoms. The van der Waals surface area contributed by atoms with Crippen LogP contribution < -0.4 is 0 Å². The van der Waals surface area contributed by atoms with Crippen LogP contribution in [0.25, 0.3) is 26.9 Å². The normalized spacial score (nSPS) is 14.6. The van der Waals surface area contributed by atoms with Gasteiger partial charge in [-0.3, -0.25) is 4.58 Å². The number of hydrogen-bond acceptors (Lipinski definition) is 0. The van der Waals surface area contributed by atoms with E-state index in [9.17, 15) is 26.3 Å². The van der Waals surface area contributed by atoms with Crippen molar-refractivity contribution in [2.24, 2.45) is 5.92 Å². The lowest BCUT2D eigenvalue weighted by Crippen LogP contribution is -2.36. The molecule has 40 heavy (non-hydrogen) atoms. The molecule has 0 fully saturated rings. The Bertz CT molecular complexity index is 1630. The lowest BCUT2D eigenvalue weighted by Gasteiger charge is -2.28. The molecule has 0 amide bonds. The first kappa shape index (κ1) is 28.3. The average Bonchev–Trinajstić information content (AvgIpc) is 3.20. The summed E-state index contributed by atoms with van der Waals surface area (Å²) in [5.74, 6) is -3.34. The Kier molecular flexibility index (Phi) is 6.85. The van der Waals surface area contributed by atoms with Gasteiger partial charge in [-0.1, -0.05) is 87.0 Å². The molecule has 1 aliphatic rings. The van der Waals surface area contributed by atoms with Crippen molar-refractivity contribution in [3.05, 3.63) is 93.5 Å². The van der Waals surface area contributed by atoms with Gasteiger partial charge in [-0.05, 0) is 39.8 Å². The Morgan fingerprint density at radius 2 is 1.60 bits per heavy atom. The number of thiophene rings is 1. The van der Waals surface area contributed by atoms with Crippen molar-refractivity contribution in [1.82, 2.24) is 0 Å². The standard InChI is InChI=1S/C32H29F6NS/c1-18-20-8-6-7-9-21(20)25(30(2,3)4)17-24(18)28-29-23(14-15-39(28)5)22-12-10-19(16-26(22)40-29)11-13-27(31(33,34)35)32(36,37)38/h6-10,12,14-17,27H,5,11,13H2,1-4H3. The SMILES string of the molecule is C=[N+]1C=Cc2c([s+][c-]3cc(CCC(C(F)(F)F)C(F)(F)F)ccc23)[C-]1c1cc(C(C)(C)C)c2ccccc2c1C. The van der Waals surface area contributed by atoms with Gasteiger partial charge in [0.1, 0.15) is 23.5 Å². The second kappa shape index (κ2) is 9.68. The molecule has 0 saturated heterocycles. The summed E-state index contributed by atoms with van der Waals surface area (Å²) < 4.78 is 81.0. The van der Waals surface area contributed by atoms with E-state index in [4.69, 9.17) is 0 Å². The molecule has 1 aliphatic heterocycles. The minimum absolute atomic E-state index is 0.123. The average molecular weight is 574 g/mol. The van der Waals surface area contributed by atoms with Crippen LogP contribution in [0.5, 0.6) is 0 Å². The van der Waals surface area contributed by atoms with E-state index in [0.29, 0.717) is 5.56 Å². The summed E-state index contributed by atoms with van der Waals surface area (Å²) in [5, 5.41) is 3.24.